The average molecular weight is 678 g/mol. The second kappa shape index (κ2) is 14.9. The molecule has 5 rings (SSSR count). The summed E-state index contributed by atoms with van der Waals surface area (Å²) in [5.41, 5.74) is 8.51. The Morgan fingerprint density at radius 3 is 2.57 bits per heavy atom. The smallest absolute Gasteiger partial charge is 0.341 e. The molecule has 1 aliphatic carbocycles. The van der Waals surface area contributed by atoms with Gasteiger partial charge in [0.2, 0.25) is 0 Å². The lowest BCUT2D eigenvalue weighted by Crippen LogP contribution is -2.45. The van der Waals surface area contributed by atoms with Crippen LogP contribution in [0.4, 0.5) is 0 Å². The van der Waals surface area contributed by atoms with Crippen LogP contribution in [0.15, 0.2) is 46.7 Å². The molecule has 0 bridgehead atoms. The first kappa shape index (κ1) is 33.9. The predicted molar refractivity (Wildman–Crippen MR) is 184 cm³/mol. The highest BCUT2D eigenvalue weighted by molar-refractivity contribution is 7.80. The van der Waals surface area contributed by atoms with E-state index in [9.17, 15) is 14.4 Å². The summed E-state index contributed by atoms with van der Waals surface area (Å²) < 4.78 is 18.7. The molecule has 1 aliphatic heterocycles. The molecule has 2 aromatic heterocycles. The Hall–Kier alpha value is -4.49. The summed E-state index contributed by atoms with van der Waals surface area (Å²) in [6.45, 7) is 9.48. The summed E-state index contributed by atoms with van der Waals surface area (Å²) in [5.74, 6) is -0.829. The van der Waals surface area contributed by atoms with E-state index in [0.29, 0.717) is 39.9 Å². The lowest BCUT2D eigenvalue weighted by Gasteiger charge is -2.30. The Kier molecular flexibility index (Phi) is 10.8. The molecule has 0 saturated carbocycles. The highest BCUT2D eigenvalue weighted by Crippen LogP contribution is 2.39. The number of aromatic nitrogens is 1. The van der Waals surface area contributed by atoms with Crippen molar-refractivity contribution in [2.45, 2.75) is 66.3 Å². The fourth-order valence-corrected chi connectivity index (χ4v) is 7.72. The van der Waals surface area contributed by atoms with E-state index in [1.807, 2.05) is 32.9 Å². The monoisotopic (exact) mass is 677 g/mol. The van der Waals surface area contributed by atoms with Crippen LogP contribution in [0.3, 0.4) is 0 Å². The van der Waals surface area contributed by atoms with E-state index in [4.69, 9.17) is 26.4 Å². The number of thiocarbonyl (C=S) groups is 1. The molecular weight excluding hydrogens is 639 g/mol. The third-order valence-corrected chi connectivity index (χ3v) is 9.55. The zero-order valence-electron chi connectivity index (χ0n) is 27.2. The first-order valence-electron chi connectivity index (χ1n) is 15.6. The number of hydrogen-bond donors (Lipinski definition) is 3. The highest BCUT2D eigenvalue weighted by Gasteiger charge is 2.33. The van der Waals surface area contributed by atoms with Crippen molar-refractivity contribution in [2.24, 2.45) is 5.10 Å². The number of esters is 2. The molecule has 11 nitrogen and oxygen atoms in total. The number of carbonyl (C=O) groups excluding carboxylic acids is 3. The molecule has 2 aliphatic rings. The number of amides is 1. The topological polar surface area (TPSA) is 132 Å². The zero-order valence-corrected chi connectivity index (χ0v) is 28.8. The van der Waals surface area contributed by atoms with Crippen LogP contribution in [0.2, 0.25) is 0 Å². The van der Waals surface area contributed by atoms with Gasteiger partial charge in [-0.2, -0.15) is 5.10 Å². The van der Waals surface area contributed by atoms with Crippen LogP contribution in [0.25, 0.3) is 5.00 Å². The number of thiophene rings is 1. The molecule has 1 amide bonds. The van der Waals surface area contributed by atoms with Crippen molar-refractivity contribution in [3.8, 4) is 10.8 Å². The minimum Gasteiger partial charge on any atom is -0.483 e. The maximum absolute atomic E-state index is 13.1. The first-order valence-corrected chi connectivity index (χ1v) is 16.9. The third-order valence-electron chi connectivity index (χ3n) is 8.05. The minimum absolute atomic E-state index is 0.222. The molecule has 1 aromatic carbocycles. The van der Waals surface area contributed by atoms with Crippen LogP contribution in [0.1, 0.15) is 83.0 Å². The Balaban J connectivity index is 1.30. The zero-order chi connectivity index (χ0) is 33.7. The van der Waals surface area contributed by atoms with E-state index < -0.39 is 17.9 Å². The summed E-state index contributed by atoms with van der Waals surface area (Å²) in [6.07, 6.45) is 5.59. The number of nitrogens with one attached hydrogen (secondary N) is 3. The third kappa shape index (κ3) is 7.25. The maximum atomic E-state index is 13.1. The van der Waals surface area contributed by atoms with Crippen LogP contribution in [-0.4, -0.2) is 53.6 Å². The predicted octanol–water partition coefficient (Wildman–Crippen LogP) is 5.10. The normalized spacial score (nSPS) is 15.9. The van der Waals surface area contributed by atoms with Crippen LogP contribution in [0.5, 0.6) is 5.75 Å². The van der Waals surface area contributed by atoms with Gasteiger partial charge in [0, 0.05) is 33.1 Å². The fraction of sp³-hybridized carbons (Fsp3) is 0.382. The van der Waals surface area contributed by atoms with Crippen molar-refractivity contribution in [1.29, 1.82) is 0 Å². The Bertz CT molecular complexity index is 1770. The molecule has 0 saturated heterocycles. The summed E-state index contributed by atoms with van der Waals surface area (Å²) in [6, 6.07) is 8.46. The number of nitrogens with zero attached hydrogens (tertiary/aromatic N) is 2. The van der Waals surface area contributed by atoms with Gasteiger partial charge in [-0.1, -0.05) is 18.2 Å². The Labute approximate surface area is 283 Å². The summed E-state index contributed by atoms with van der Waals surface area (Å²) in [5, 5.41) is 11.5. The van der Waals surface area contributed by atoms with E-state index in [2.05, 4.69) is 25.7 Å². The fourth-order valence-electron chi connectivity index (χ4n) is 5.96. The molecule has 0 radical (unpaired) electrons. The molecule has 1 atom stereocenters. The van der Waals surface area contributed by atoms with Crippen LogP contribution >= 0.6 is 23.6 Å². The van der Waals surface area contributed by atoms with Gasteiger partial charge in [-0.15, -0.1) is 11.3 Å². The molecule has 47 heavy (non-hydrogen) atoms. The molecule has 3 N–H and O–H groups in total. The minimum atomic E-state index is -0.631. The maximum Gasteiger partial charge on any atom is 0.341 e. The summed E-state index contributed by atoms with van der Waals surface area (Å²) in [7, 11) is 0. The standard InChI is InChI=1S/C34H39N5O6S2/c1-6-43-32(41)28-20(4)36-34(46)37-30(28)23-12-8-10-14-25(23)45-18-27(40)38-35-17-22-16-19(3)39(21(22)5)31-29(33(42)44-7-2)24-13-9-11-15-26(24)47-31/h8,10,12,14,16-17,30H,6-7,9,11,13,15,18H2,1-5H3,(H,38,40)(H2,36,37,46)/t30-/m1/s1. The number of hydrazone groups is 1. The van der Waals surface area contributed by atoms with Gasteiger partial charge in [-0.3, -0.25) is 4.79 Å². The largest absolute Gasteiger partial charge is 0.483 e. The molecule has 3 aromatic rings. The second-order valence-electron chi connectivity index (χ2n) is 11.2. The quantitative estimate of drug-likeness (QED) is 0.110. The molecule has 3 heterocycles. The number of aryl methyl sites for hydroxylation is 2. The lowest BCUT2D eigenvalue weighted by molar-refractivity contribution is -0.139. The number of allylic oxidation sites excluding steroid dienone is 1. The van der Waals surface area contributed by atoms with Crippen molar-refractivity contribution in [3.05, 3.63) is 80.1 Å². The number of benzene rings is 1. The SMILES string of the molecule is CCOC(=O)C1=C(C)NC(=S)N[C@@H]1c1ccccc1OCC(=O)NN=Cc1cc(C)n(-c2sc3c(c2C(=O)OCC)CCCC3)c1C. The van der Waals surface area contributed by atoms with Crippen molar-refractivity contribution >= 4 is 52.7 Å². The molecule has 0 unspecified atom stereocenters. The van der Waals surface area contributed by atoms with Crippen molar-refractivity contribution in [2.75, 3.05) is 19.8 Å². The number of para-hydroxylation sites is 1. The van der Waals surface area contributed by atoms with E-state index >= 15 is 0 Å². The summed E-state index contributed by atoms with van der Waals surface area (Å²) >= 11 is 6.99. The van der Waals surface area contributed by atoms with Crippen molar-refractivity contribution in [1.82, 2.24) is 20.6 Å². The van der Waals surface area contributed by atoms with E-state index in [1.54, 1.807) is 49.6 Å². The first-order chi connectivity index (χ1) is 22.6. The van der Waals surface area contributed by atoms with E-state index in [-0.39, 0.29) is 19.2 Å². The Morgan fingerprint density at radius 1 is 1.09 bits per heavy atom. The van der Waals surface area contributed by atoms with Crippen molar-refractivity contribution < 1.29 is 28.6 Å². The van der Waals surface area contributed by atoms with E-state index in [1.165, 1.54) is 4.88 Å². The van der Waals surface area contributed by atoms with Gasteiger partial charge in [-0.25, -0.2) is 15.0 Å². The number of hydrogen-bond acceptors (Lipinski definition) is 9. The van der Waals surface area contributed by atoms with Gasteiger partial charge in [0.1, 0.15) is 10.8 Å². The molecule has 13 heteroatoms. The van der Waals surface area contributed by atoms with E-state index in [0.717, 1.165) is 53.2 Å². The molecule has 0 spiro atoms. The number of ether oxygens (including phenoxy) is 3. The number of fused-ring (bicyclic) bond motifs is 1. The van der Waals surface area contributed by atoms with Gasteiger partial charge in [0.25, 0.3) is 5.91 Å². The lowest BCUT2D eigenvalue weighted by atomic mass is 9.95. The van der Waals surface area contributed by atoms with Gasteiger partial charge in [0.05, 0.1) is 36.6 Å². The molecular formula is C34H39N5O6S2. The van der Waals surface area contributed by atoms with Gasteiger partial charge in [-0.05, 0) is 90.2 Å². The average Bonchev–Trinajstić information content (AvgIpc) is 3.55. The number of carbonyl (C=O) groups is 3. The molecule has 0 fully saturated rings. The van der Waals surface area contributed by atoms with Crippen LogP contribution < -0.4 is 20.8 Å². The Morgan fingerprint density at radius 2 is 1.81 bits per heavy atom. The summed E-state index contributed by atoms with van der Waals surface area (Å²) in [4.78, 5) is 39.9. The van der Waals surface area contributed by atoms with Crippen molar-refractivity contribution in [3.63, 3.8) is 0 Å². The number of rotatable bonds is 11. The second-order valence-corrected chi connectivity index (χ2v) is 12.7. The van der Waals surface area contributed by atoms with Gasteiger partial charge >= 0.3 is 11.9 Å². The molecule has 248 valence electrons. The highest BCUT2D eigenvalue weighted by atomic mass is 32.1. The van der Waals surface area contributed by atoms with Crippen LogP contribution in [0, 0.1) is 13.8 Å². The van der Waals surface area contributed by atoms with Crippen LogP contribution in [-0.2, 0) is 31.9 Å². The van der Waals surface area contributed by atoms with Gasteiger partial charge in [0.15, 0.2) is 11.7 Å². The van der Waals surface area contributed by atoms with Gasteiger partial charge < -0.3 is 29.4 Å².